The summed E-state index contributed by atoms with van der Waals surface area (Å²) in [4.78, 5) is 18.0. The highest BCUT2D eigenvalue weighted by molar-refractivity contribution is 9.10. The molecule has 0 atom stereocenters. The first-order valence-electron chi connectivity index (χ1n) is 11.9. The highest BCUT2D eigenvalue weighted by Gasteiger charge is 2.20. The molecule has 3 aromatic carbocycles. The molecule has 0 radical (unpaired) electrons. The van der Waals surface area contributed by atoms with Crippen LogP contribution in [0.5, 0.6) is 11.5 Å². The van der Waals surface area contributed by atoms with Crippen LogP contribution in [0.1, 0.15) is 16.8 Å². The average molecular weight is 555 g/mol. The van der Waals surface area contributed by atoms with E-state index in [2.05, 4.69) is 33.0 Å². The fraction of sp³-hybridized carbons (Fsp3) is 0.133. The van der Waals surface area contributed by atoms with Crippen LogP contribution in [-0.4, -0.2) is 16.3 Å². The Morgan fingerprint density at radius 1 is 0.838 bits per heavy atom. The molecule has 0 saturated carbocycles. The Labute approximate surface area is 222 Å². The fourth-order valence-corrected chi connectivity index (χ4v) is 5.04. The van der Waals surface area contributed by atoms with E-state index < -0.39 is 0 Å². The predicted molar refractivity (Wildman–Crippen MR) is 146 cm³/mol. The first-order valence-corrected chi connectivity index (χ1v) is 12.7. The van der Waals surface area contributed by atoms with Crippen molar-refractivity contribution in [3.8, 4) is 22.6 Å². The molecular formula is C30H23BrN2O4. The maximum Gasteiger partial charge on any atom is 0.259 e. The second kappa shape index (κ2) is 10.2. The fourth-order valence-electron chi connectivity index (χ4n) is 4.68. The van der Waals surface area contributed by atoms with Crippen molar-refractivity contribution in [3.05, 3.63) is 123 Å². The second-order valence-electron chi connectivity index (χ2n) is 8.80. The minimum atomic E-state index is -0.0673. The molecule has 0 unspecified atom stereocenters. The molecule has 6 rings (SSSR count). The van der Waals surface area contributed by atoms with E-state index in [0.717, 1.165) is 37.8 Å². The van der Waals surface area contributed by atoms with Crippen LogP contribution in [-0.2, 0) is 24.5 Å². The highest BCUT2D eigenvalue weighted by Crippen LogP contribution is 2.35. The van der Waals surface area contributed by atoms with E-state index in [1.807, 2.05) is 71.3 Å². The van der Waals surface area contributed by atoms with Crippen LogP contribution >= 0.6 is 15.9 Å². The lowest BCUT2D eigenvalue weighted by atomic mass is 9.96. The zero-order chi connectivity index (χ0) is 25.2. The van der Waals surface area contributed by atoms with Gasteiger partial charge in [-0.25, -0.2) is 0 Å². The summed E-state index contributed by atoms with van der Waals surface area (Å²) < 4.78 is 20.0. The Morgan fingerprint density at radius 3 is 2.49 bits per heavy atom. The Morgan fingerprint density at radius 2 is 1.65 bits per heavy atom. The molecule has 1 aliphatic rings. The number of hydrogen-bond donors (Lipinski definition) is 0. The van der Waals surface area contributed by atoms with Crippen LogP contribution in [0, 0.1) is 0 Å². The molecule has 5 aromatic rings. The van der Waals surface area contributed by atoms with Gasteiger partial charge in [0.05, 0.1) is 25.5 Å². The summed E-state index contributed by atoms with van der Waals surface area (Å²) in [5, 5.41) is 1.54. The van der Waals surface area contributed by atoms with Crippen molar-refractivity contribution >= 4 is 26.7 Å². The summed E-state index contributed by atoms with van der Waals surface area (Å²) in [7, 11) is 0. The third-order valence-corrected chi connectivity index (χ3v) is 6.93. The Kier molecular flexibility index (Phi) is 6.47. The second-order valence-corrected chi connectivity index (χ2v) is 9.72. The SMILES string of the molecule is O=c1c2ccc(Br)cc2c(-c2ccccc2)c(COCc2ccncc2)n1Cc1ccc2c(c1)OCO2. The third-order valence-electron chi connectivity index (χ3n) is 6.44. The van der Waals surface area contributed by atoms with Crippen LogP contribution in [0.15, 0.2) is 101 Å². The molecule has 0 amide bonds. The topological polar surface area (TPSA) is 62.6 Å². The first kappa shape index (κ1) is 23.5. The molecule has 0 bridgehead atoms. The van der Waals surface area contributed by atoms with Crippen molar-refractivity contribution in [2.24, 2.45) is 0 Å². The third kappa shape index (κ3) is 4.75. The molecule has 3 heterocycles. The summed E-state index contributed by atoms with van der Waals surface area (Å²) in [6.07, 6.45) is 3.49. The minimum absolute atomic E-state index is 0.0673. The van der Waals surface area contributed by atoms with Gasteiger partial charge >= 0.3 is 0 Å². The highest BCUT2D eigenvalue weighted by atomic mass is 79.9. The maximum absolute atomic E-state index is 13.9. The van der Waals surface area contributed by atoms with Crippen LogP contribution in [0.2, 0.25) is 0 Å². The van der Waals surface area contributed by atoms with Gasteiger partial charge in [-0.1, -0.05) is 52.3 Å². The number of halogens is 1. The molecule has 37 heavy (non-hydrogen) atoms. The lowest BCUT2D eigenvalue weighted by Crippen LogP contribution is -2.26. The number of benzene rings is 3. The number of pyridine rings is 2. The van der Waals surface area contributed by atoms with Crippen LogP contribution in [0.4, 0.5) is 0 Å². The van der Waals surface area contributed by atoms with Crippen LogP contribution in [0.25, 0.3) is 21.9 Å². The summed E-state index contributed by atoms with van der Waals surface area (Å²) in [6.45, 7) is 1.24. The van der Waals surface area contributed by atoms with E-state index in [-0.39, 0.29) is 19.0 Å². The smallest absolute Gasteiger partial charge is 0.259 e. The minimum Gasteiger partial charge on any atom is -0.454 e. The quantitative estimate of drug-likeness (QED) is 0.235. The molecule has 2 aromatic heterocycles. The summed E-state index contributed by atoms with van der Waals surface area (Å²) >= 11 is 3.60. The Balaban J connectivity index is 1.52. The number of fused-ring (bicyclic) bond motifs is 2. The van der Waals surface area contributed by atoms with E-state index in [1.54, 1.807) is 12.4 Å². The number of nitrogens with zero attached hydrogens (tertiary/aromatic N) is 2. The molecule has 6 nitrogen and oxygen atoms in total. The van der Waals surface area contributed by atoms with E-state index >= 15 is 0 Å². The molecule has 0 fully saturated rings. The van der Waals surface area contributed by atoms with Gasteiger partial charge in [-0.3, -0.25) is 9.78 Å². The van der Waals surface area contributed by atoms with E-state index in [1.165, 1.54) is 0 Å². The van der Waals surface area contributed by atoms with E-state index in [0.29, 0.717) is 30.0 Å². The van der Waals surface area contributed by atoms with Gasteiger partial charge in [0.25, 0.3) is 5.56 Å². The summed E-state index contributed by atoms with van der Waals surface area (Å²) in [5.74, 6) is 1.40. The standard InChI is InChI=1S/C30H23BrN2O4/c31-23-7-8-24-25(15-23)29(22-4-2-1-3-5-22)26(18-35-17-20-10-12-32-13-11-20)33(30(24)34)16-21-6-9-27-28(14-21)37-19-36-27/h1-15H,16-19H2. The maximum atomic E-state index is 13.9. The van der Waals surface area contributed by atoms with Crippen molar-refractivity contribution in [1.29, 1.82) is 0 Å². The number of aromatic nitrogens is 2. The number of hydrogen-bond acceptors (Lipinski definition) is 5. The van der Waals surface area contributed by atoms with E-state index in [4.69, 9.17) is 14.2 Å². The summed E-state index contributed by atoms with van der Waals surface area (Å²) in [6, 6.07) is 25.6. The Bertz CT molecular complexity index is 1640. The van der Waals surface area contributed by atoms with Gasteiger partial charge < -0.3 is 18.8 Å². The lowest BCUT2D eigenvalue weighted by molar-refractivity contribution is 0.102. The van der Waals surface area contributed by atoms with Crippen LogP contribution < -0.4 is 15.0 Å². The normalized spacial score (nSPS) is 12.2. The van der Waals surface area contributed by atoms with Gasteiger partial charge in [-0.15, -0.1) is 0 Å². The molecule has 184 valence electrons. The molecule has 0 spiro atoms. The van der Waals surface area contributed by atoms with Gasteiger partial charge in [0, 0.05) is 27.8 Å². The zero-order valence-corrected chi connectivity index (χ0v) is 21.5. The van der Waals surface area contributed by atoms with Gasteiger partial charge in [-0.05, 0) is 64.5 Å². The number of rotatable bonds is 7. The van der Waals surface area contributed by atoms with Crippen molar-refractivity contribution < 1.29 is 14.2 Å². The van der Waals surface area contributed by atoms with Crippen molar-refractivity contribution in [3.63, 3.8) is 0 Å². The predicted octanol–water partition coefficient (Wildman–Crippen LogP) is 6.32. The molecule has 1 aliphatic heterocycles. The van der Waals surface area contributed by atoms with Crippen molar-refractivity contribution in [2.75, 3.05) is 6.79 Å². The largest absolute Gasteiger partial charge is 0.454 e. The van der Waals surface area contributed by atoms with Crippen molar-refractivity contribution in [2.45, 2.75) is 19.8 Å². The number of ether oxygens (including phenoxy) is 3. The first-order chi connectivity index (χ1) is 18.2. The molecule has 7 heteroatoms. The van der Waals surface area contributed by atoms with Crippen LogP contribution in [0.3, 0.4) is 0 Å². The zero-order valence-electron chi connectivity index (χ0n) is 19.9. The van der Waals surface area contributed by atoms with Crippen molar-refractivity contribution in [1.82, 2.24) is 9.55 Å². The van der Waals surface area contributed by atoms with Gasteiger partial charge in [-0.2, -0.15) is 0 Å². The van der Waals surface area contributed by atoms with Gasteiger partial charge in [0.1, 0.15) is 0 Å². The Hall–Kier alpha value is -3.94. The molecular weight excluding hydrogens is 532 g/mol. The van der Waals surface area contributed by atoms with Gasteiger partial charge in [0.2, 0.25) is 6.79 Å². The van der Waals surface area contributed by atoms with Gasteiger partial charge in [0.15, 0.2) is 11.5 Å². The summed E-state index contributed by atoms with van der Waals surface area (Å²) in [5.41, 5.74) is 4.71. The lowest BCUT2D eigenvalue weighted by Gasteiger charge is -2.21. The molecule has 0 aliphatic carbocycles. The van der Waals surface area contributed by atoms with E-state index in [9.17, 15) is 4.79 Å². The molecule has 0 N–H and O–H groups in total. The monoisotopic (exact) mass is 554 g/mol. The molecule has 0 saturated heterocycles. The average Bonchev–Trinajstić information content (AvgIpc) is 3.40.